The van der Waals surface area contributed by atoms with Crippen molar-refractivity contribution >= 4 is 5.82 Å². The van der Waals surface area contributed by atoms with Crippen LogP contribution >= 0.6 is 0 Å². The average molecular weight is 310 g/mol. The van der Waals surface area contributed by atoms with Crippen molar-refractivity contribution < 1.29 is 0 Å². The molecule has 3 aromatic rings. The SMILES string of the molecule is Cc1ccn(-c2ccc(N[C@@H](C)c3nnc4n3CCC4)nn2)n1. The van der Waals surface area contributed by atoms with Gasteiger partial charge in [-0.15, -0.1) is 20.4 Å². The summed E-state index contributed by atoms with van der Waals surface area (Å²) in [5, 5.41) is 24.6. The standard InChI is InChI=1S/C15H18N8/c1-10-7-9-23(21-10)14-6-5-12(17-19-14)16-11(2)15-20-18-13-4-3-8-22(13)15/h5-7,9,11H,3-4,8H2,1-2H3,(H,16,17)/t11-/m0/s1. The molecule has 0 saturated heterocycles. The number of nitrogens with zero attached hydrogens (tertiary/aromatic N) is 7. The normalized spacial score (nSPS) is 14.7. The summed E-state index contributed by atoms with van der Waals surface area (Å²) in [6.45, 7) is 4.99. The van der Waals surface area contributed by atoms with Crippen LogP contribution in [-0.2, 0) is 13.0 Å². The van der Waals surface area contributed by atoms with Gasteiger partial charge >= 0.3 is 0 Å². The molecule has 0 unspecified atom stereocenters. The average Bonchev–Trinajstić information content (AvgIpc) is 3.24. The lowest BCUT2D eigenvalue weighted by Gasteiger charge is -2.14. The lowest BCUT2D eigenvalue weighted by atomic mass is 10.3. The van der Waals surface area contributed by atoms with Crippen LogP contribution < -0.4 is 5.32 Å². The topological polar surface area (TPSA) is 86.3 Å². The fourth-order valence-electron chi connectivity index (χ4n) is 2.85. The van der Waals surface area contributed by atoms with Crippen LogP contribution in [-0.4, -0.2) is 34.7 Å². The Labute approximate surface area is 133 Å². The van der Waals surface area contributed by atoms with E-state index in [2.05, 4.69) is 42.3 Å². The Morgan fingerprint density at radius 2 is 2.04 bits per heavy atom. The summed E-state index contributed by atoms with van der Waals surface area (Å²) in [5.74, 6) is 3.43. The maximum atomic E-state index is 4.32. The molecule has 0 aliphatic carbocycles. The highest BCUT2D eigenvalue weighted by molar-refractivity contribution is 5.38. The molecule has 118 valence electrons. The highest BCUT2D eigenvalue weighted by Gasteiger charge is 2.21. The van der Waals surface area contributed by atoms with Gasteiger partial charge in [-0.3, -0.25) is 0 Å². The second-order valence-corrected chi connectivity index (χ2v) is 5.77. The van der Waals surface area contributed by atoms with E-state index in [9.17, 15) is 0 Å². The minimum atomic E-state index is 0.0291. The van der Waals surface area contributed by atoms with Crippen LogP contribution in [0.15, 0.2) is 24.4 Å². The third kappa shape index (κ3) is 2.56. The molecular formula is C15H18N8. The number of nitrogens with one attached hydrogen (secondary N) is 1. The van der Waals surface area contributed by atoms with Crippen LogP contribution in [0.1, 0.15) is 36.7 Å². The van der Waals surface area contributed by atoms with Crippen molar-refractivity contribution in [2.45, 2.75) is 39.3 Å². The molecule has 0 fully saturated rings. The molecule has 0 aromatic carbocycles. The number of fused-ring (bicyclic) bond motifs is 1. The molecule has 0 bridgehead atoms. The van der Waals surface area contributed by atoms with Gasteiger partial charge in [0.2, 0.25) is 0 Å². The number of hydrogen-bond donors (Lipinski definition) is 1. The largest absolute Gasteiger partial charge is 0.359 e. The Hall–Kier alpha value is -2.77. The second-order valence-electron chi connectivity index (χ2n) is 5.77. The first kappa shape index (κ1) is 13.9. The van der Waals surface area contributed by atoms with Gasteiger partial charge in [-0.2, -0.15) is 5.10 Å². The van der Waals surface area contributed by atoms with Crippen LogP contribution in [0.25, 0.3) is 5.82 Å². The smallest absolute Gasteiger partial charge is 0.175 e. The Morgan fingerprint density at radius 3 is 2.78 bits per heavy atom. The van der Waals surface area contributed by atoms with E-state index in [-0.39, 0.29) is 6.04 Å². The van der Waals surface area contributed by atoms with Gasteiger partial charge in [-0.05, 0) is 38.5 Å². The zero-order valence-corrected chi connectivity index (χ0v) is 13.1. The number of aromatic nitrogens is 7. The Morgan fingerprint density at radius 1 is 1.13 bits per heavy atom. The minimum Gasteiger partial charge on any atom is -0.359 e. The lowest BCUT2D eigenvalue weighted by molar-refractivity contribution is 0.650. The fraction of sp³-hybridized carbons (Fsp3) is 0.400. The summed E-state index contributed by atoms with van der Waals surface area (Å²) in [4.78, 5) is 0. The first-order valence-electron chi connectivity index (χ1n) is 7.75. The van der Waals surface area contributed by atoms with Gasteiger partial charge in [0.05, 0.1) is 11.7 Å². The van der Waals surface area contributed by atoms with Crippen LogP contribution in [0, 0.1) is 6.92 Å². The Balaban J connectivity index is 1.50. The molecule has 4 rings (SSSR count). The van der Waals surface area contributed by atoms with Crippen LogP contribution in [0.3, 0.4) is 0 Å². The molecule has 1 N–H and O–H groups in total. The second kappa shape index (κ2) is 5.45. The number of aryl methyl sites for hydroxylation is 2. The monoisotopic (exact) mass is 310 g/mol. The predicted octanol–water partition coefficient (Wildman–Crippen LogP) is 1.68. The zero-order valence-electron chi connectivity index (χ0n) is 13.1. The molecule has 4 heterocycles. The van der Waals surface area contributed by atoms with Crippen LogP contribution in [0.4, 0.5) is 5.82 Å². The van der Waals surface area contributed by atoms with E-state index in [4.69, 9.17) is 0 Å². The maximum absolute atomic E-state index is 4.32. The van der Waals surface area contributed by atoms with Crippen molar-refractivity contribution in [1.82, 2.24) is 34.7 Å². The van der Waals surface area contributed by atoms with Gasteiger partial charge in [-0.1, -0.05) is 0 Å². The highest BCUT2D eigenvalue weighted by atomic mass is 15.4. The molecule has 3 aromatic heterocycles. The van der Waals surface area contributed by atoms with Gasteiger partial charge in [0.1, 0.15) is 11.6 Å². The van der Waals surface area contributed by atoms with Crippen molar-refractivity contribution in [3.8, 4) is 5.82 Å². The summed E-state index contributed by atoms with van der Waals surface area (Å²) in [5.41, 5.74) is 0.947. The highest BCUT2D eigenvalue weighted by Crippen LogP contribution is 2.21. The molecular weight excluding hydrogens is 292 g/mol. The summed E-state index contributed by atoms with van der Waals surface area (Å²) in [7, 11) is 0. The van der Waals surface area contributed by atoms with Gasteiger partial charge in [-0.25, -0.2) is 4.68 Å². The molecule has 23 heavy (non-hydrogen) atoms. The predicted molar refractivity (Wildman–Crippen MR) is 84.3 cm³/mol. The molecule has 1 aliphatic heterocycles. The van der Waals surface area contributed by atoms with E-state index >= 15 is 0 Å². The molecule has 8 nitrogen and oxygen atoms in total. The minimum absolute atomic E-state index is 0.0291. The van der Waals surface area contributed by atoms with E-state index in [1.54, 1.807) is 4.68 Å². The first-order chi connectivity index (χ1) is 11.2. The van der Waals surface area contributed by atoms with E-state index < -0.39 is 0 Å². The van der Waals surface area contributed by atoms with Crippen molar-refractivity contribution in [2.75, 3.05) is 5.32 Å². The van der Waals surface area contributed by atoms with E-state index in [1.807, 2.05) is 31.3 Å². The molecule has 0 saturated carbocycles. The summed E-state index contributed by atoms with van der Waals surface area (Å²) < 4.78 is 3.90. The quantitative estimate of drug-likeness (QED) is 0.789. The van der Waals surface area contributed by atoms with Crippen molar-refractivity contribution in [1.29, 1.82) is 0 Å². The Kier molecular flexibility index (Phi) is 3.29. The summed E-state index contributed by atoms with van der Waals surface area (Å²) in [6.07, 6.45) is 4.02. The molecule has 1 aliphatic rings. The molecule has 0 amide bonds. The van der Waals surface area contributed by atoms with E-state index in [1.165, 1.54) is 0 Å². The molecule has 8 heteroatoms. The Bertz CT molecular complexity index is 816. The fourth-order valence-corrected chi connectivity index (χ4v) is 2.85. The van der Waals surface area contributed by atoms with E-state index in [0.717, 1.165) is 36.7 Å². The lowest BCUT2D eigenvalue weighted by Crippen LogP contribution is -2.14. The van der Waals surface area contributed by atoms with Gasteiger partial charge in [0.15, 0.2) is 11.6 Å². The van der Waals surface area contributed by atoms with Crippen molar-refractivity contribution in [3.63, 3.8) is 0 Å². The van der Waals surface area contributed by atoms with Crippen LogP contribution in [0.2, 0.25) is 0 Å². The first-order valence-corrected chi connectivity index (χ1v) is 7.75. The zero-order chi connectivity index (χ0) is 15.8. The number of anilines is 1. The van der Waals surface area contributed by atoms with Crippen molar-refractivity contribution in [2.24, 2.45) is 0 Å². The van der Waals surface area contributed by atoms with Gasteiger partial charge in [0.25, 0.3) is 0 Å². The molecule has 0 radical (unpaired) electrons. The molecule has 0 spiro atoms. The maximum Gasteiger partial charge on any atom is 0.175 e. The van der Waals surface area contributed by atoms with Gasteiger partial charge in [0, 0.05) is 19.2 Å². The third-order valence-electron chi connectivity index (χ3n) is 4.00. The van der Waals surface area contributed by atoms with Crippen LogP contribution in [0.5, 0.6) is 0 Å². The van der Waals surface area contributed by atoms with Gasteiger partial charge < -0.3 is 9.88 Å². The number of hydrogen-bond acceptors (Lipinski definition) is 6. The van der Waals surface area contributed by atoms with Crippen molar-refractivity contribution in [3.05, 3.63) is 41.7 Å². The van der Waals surface area contributed by atoms with E-state index in [0.29, 0.717) is 11.6 Å². The summed E-state index contributed by atoms with van der Waals surface area (Å²) >= 11 is 0. The number of rotatable bonds is 4. The summed E-state index contributed by atoms with van der Waals surface area (Å²) in [6, 6.07) is 5.75. The third-order valence-corrected chi connectivity index (χ3v) is 4.00. The molecule has 1 atom stereocenters.